The van der Waals surface area contributed by atoms with Crippen LogP contribution in [0.1, 0.15) is 12.0 Å². The summed E-state index contributed by atoms with van der Waals surface area (Å²) in [5.41, 5.74) is 1.40. The van der Waals surface area contributed by atoms with Crippen molar-refractivity contribution in [3.05, 3.63) is 62.5 Å². The third kappa shape index (κ3) is 4.17. The lowest BCUT2D eigenvalue weighted by atomic mass is 10.1. The van der Waals surface area contributed by atoms with Gasteiger partial charge in [-0.2, -0.15) is 0 Å². The lowest BCUT2D eigenvalue weighted by molar-refractivity contribution is -0.149. The molecule has 0 saturated carbocycles. The van der Waals surface area contributed by atoms with Gasteiger partial charge in [0.1, 0.15) is 6.61 Å². The molecule has 4 nitrogen and oxygen atoms in total. The van der Waals surface area contributed by atoms with Gasteiger partial charge < -0.3 is 9.64 Å². The van der Waals surface area contributed by atoms with Crippen molar-refractivity contribution >= 4 is 56.7 Å². The summed E-state index contributed by atoms with van der Waals surface area (Å²) >= 11 is 15.5. The Bertz CT molecular complexity index is 810. The zero-order chi connectivity index (χ0) is 18.0. The van der Waals surface area contributed by atoms with Crippen LogP contribution in [0.4, 0.5) is 5.69 Å². The third-order valence-corrected chi connectivity index (χ3v) is 5.31. The second-order valence-corrected chi connectivity index (χ2v) is 7.41. The fourth-order valence-electron chi connectivity index (χ4n) is 2.65. The van der Waals surface area contributed by atoms with Gasteiger partial charge >= 0.3 is 5.97 Å². The minimum absolute atomic E-state index is 0.0992. The van der Waals surface area contributed by atoms with Crippen LogP contribution in [0.3, 0.4) is 0 Å². The Hall–Kier alpha value is -1.56. The number of rotatable bonds is 4. The van der Waals surface area contributed by atoms with Crippen LogP contribution in [0, 0.1) is 5.92 Å². The maximum Gasteiger partial charge on any atom is 0.311 e. The number of hydrogen-bond donors (Lipinski definition) is 0. The number of carbonyl (C=O) groups is 2. The first-order valence-electron chi connectivity index (χ1n) is 7.61. The minimum Gasteiger partial charge on any atom is -0.461 e. The van der Waals surface area contributed by atoms with E-state index < -0.39 is 11.9 Å². The van der Waals surface area contributed by atoms with E-state index in [1.165, 1.54) is 4.90 Å². The maximum atomic E-state index is 12.3. The first-order chi connectivity index (χ1) is 12.0. The van der Waals surface area contributed by atoms with Gasteiger partial charge in [-0.1, -0.05) is 57.3 Å². The molecule has 0 aromatic heterocycles. The molecule has 1 heterocycles. The summed E-state index contributed by atoms with van der Waals surface area (Å²) < 4.78 is 6.30. The molecule has 2 aromatic carbocycles. The summed E-state index contributed by atoms with van der Waals surface area (Å²) in [5, 5.41) is 0.676. The second-order valence-electron chi connectivity index (χ2n) is 5.71. The molecule has 1 amide bonds. The Kier molecular flexibility index (Phi) is 5.67. The predicted molar refractivity (Wildman–Crippen MR) is 101 cm³/mol. The van der Waals surface area contributed by atoms with E-state index in [0.717, 1.165) is 10.0 Å². The molecule has 0 radical (unpaired) electrons. The van der Waals surface area contributed by atoms with E-state index in [1.54, 1.807) is 18.2 Å². The first kappa shape index (κ1) is 18.2. The molecule has 1 aliphatic rings. The van der Waals surface area contributed by atoms with E-state index in [0.29, 0.717) is 15.7 Å². The molecule has 7 heteroatoms. The van der Waals surface area contributed by atoms with Crippen LogP contribution in [-0.2, 0) is 20.9 Å². The van der Waals surface area contributed by atoms with Gasteiger partial charge in [-0.05, 0) is 29.8 Å². The molecule has 0 bridgehead atoms. The van der Waals surface area contributed by atoms with Gasteiger partial charge in [0.15, 0.2) is 0 Å². The molecule has 0 aliphatic carbocycles. The largest absolute Gasteiger partial charge is 0.461 e. The Morgan fingerprint density at radius 3 is 2.64 bits per heavy atom. The van der Waals surface area contributed by atoms with Crippen molar-refractivity contribution in [3.8, 4) is 0 Å². The number of anilines is 1. The first-order valence-corrected chi connectivity index (χ1v) is 9.16. The molecule has 2 aromatic rings. The van der Waals surface area contributed by atoms with Gasteiger partial charge in [-0.15, -0.1) is 0 Å². The van der Waals surface area contributed by atoms with E-state index in [1.807, 2.05) is 24.3 Å². The summed E-state index contributed by atoms with van der Waals surface area (Å²) in [6.07, 6.45) is 0.0992. The van der Waals surface area contributed by atoms with Gasteiger partial charge in [0.05, 0.1) is 21.7 Å². The summed E-state index contributed by atoms with van der Waals surface area (Å²) in [6, 6.07) is 12.6. The van der Waals surface area contributed by atoms with Crippen LogP contribution in [-0.4, -0.2) is 18.4 Å². The molecule has 0 spiro atoms. The average molecular weight is 443 g/mol. The molecule has 1 unspecified atom stereocenters. The Balaban J connectivity index is 1.64. The van der Waals surface area contributed by atoms with Crippen molar-refractivity contribution in [2.75, 3.05) is 11.4 Å². The number of ether oxygens (including phenoxy) is 1. The van der Waals surface area contributed by atoms with E-state index in [-0.39, 0.29) is 25.5 Å². The number of amides is 1. The van der Waals surface area contributed by atoms with Crippen LogP contribution >= 0.6 is 39.1 Å². The zero-order valence-corrected chi connectivity index (χ0v) is 16.1. The fourth-order valence-corrected chi connectivity index (χ4v) is 3.31. The van der Waals surface area contributed by atoms with Gasteiger partial charge in [0.2, 0.25) is 5.91 Å². The molecular formula is C18H14BrCl2NO3. The lowest BCUT2D eigenvalue weighted by Crippen LogP contribution is -2.26. The van der Waals surface area contributed by atoms with Crippen LogP contribution < -0.4 is 4.90 Å². The predicted octanol–water partition coefficient (Wildman–Crippen LogP) is 4.85. The van der Waals surface area contributed by atoms with Crippen LogP contribution in [0.15, 0.2) is 46.9 Å². The highest BCUT2D eigenvalue weighted by molar-refractivity contribution is 9.10. The van der Waals surface area contributed by atoms with E-state index in [4.69, 9.17) is 27.9 Å². The maximum absolute atomic E-state index is 12.3. The molecular weight excluding hydrogens is 429 g/mol. The topological polar surface area (TPSA) is 46.6 Å². The van der Waals surface area contributed by atoms with Crippen molar-refractivity contribution in [3.63, 3.8) is 0 Å². The van der Waals surface area contributed by atoms with Crippen LogP contribution in [0.25, 0.3) is 0 Å². The van der Waals surface area contributed by atoms with Crippen molar-refractivity contribution in [1.29, 1.82) is 0 Å². The molecule has 25 heavy (non-hydrogen) atoms. The van der Waals surface area contributed by atoms with Crippen molar-refractivity contribution in [1.82, 2.24) is 0 Å². The molecule has 1 aliphatic heterocycles. The SMILES string of the molecule is O=C(OCc1ccc(Br)cc1)C1CC(=O)N(c2cccc(Cl)c2Cl)C1. The highest BCUT2D eigenvalue weighted by atomic mass is 79.9. The normalized spacial score (nSPS) is 17.0. The highest BCUT2D eigenvalue weighted by Crippen LogP contribution is 2.35. The number of nitrogens with zero attached hydrogens (tertiary/aromatic N) is 1. The molecule has 1 fully saturated rings. The van der Waals surface area contributed by atoms with Crippen LogP contribution in [0.2, 0.25) is 10.0 Å². The lowest BCUT2D eigenvalue weighted by Gasteiger charge is -2.18. The summed E-state index contributed by atoms with van der Waals surface area (Å²) in [4.78, 5) is 26.1. The van der Waals surface area contributed by atoms with Gasteiger partial charge in [-0.3, -0.25) is 9.59 Å². The Morgan fingerprint density at radius 2 is 1.92 bits per heavy atom. The molecule has 3 rings (SSSR count). The van der Waals surface area contributed by atoms with Crippen molar-refractivity contribution < 1.29 is 14.3 Å². The van der Waals surface area contributed by atoms with Gasteiger partial charge in [0, 0.05) is 17.4 Å². The highest BCUT2D eigenvalue weighted by Gasteiger charge is 2.37. The van der Waals surface area contributed by atoms with E-state index in [2.05, 4.69) is 15.9 Å². The van der Waals surface area contributed by atoms with Crippen molar-refractivity contribution in [2.45, 2.75) is 13.0 Å². The fraction of sp³-hybridized carbons (Fsp3) is 0.222. The quantitative estimate of drug-likeness (QED) is 0.635. The van der Waals surface area contributed by atoms with Crippen molar-refractivity contribution in [2.24, 2.45) is 5.92 Å². The Morgan fingerprint density at radius 1 is 1.20 bits per heavy atom. The number of esters is 1. The molecule has 130 valence electrons. The number of hydrogen-bond acceptors (Lipinski definition) is 3. The summed E-state index contributed by atoms with van der Waals surface area (Å²) in [6.45, 7) is 0.410. The third-order valence-electron chi connectivity index (χ3n) is 3.97. The smallest absolute Gasteiger partial charge is 0.311 e. The molecule has 0 N–H and O–H groups in total. The summed E-state index contributed by atoms with van der Waals surface area (Å²) in [5.74, 6) is -1.08. The number of benzene rings is 2. The Labute approximate surface area is 163 Å². The minimum atomic E-state index is -0.516. The second kappa shape index (κ2) is 7.77. The molecule has 1 atom stereocenters. The van der Waals surface area contributed by atoms with E-state index in [9.17, 15) is 9.59 Å². The average Bonchev–Trinajstić information content (AvgIpc) is 2.98. The molecule has 1 saturated heterocycles. The van der Waals surface area contributed by atoms with Gasteiger partial charge in [-0.25, -0.2) is 0 Å². The van der Waals surface area contributed by atoms with Gasteiger partial charge in [0.25, 0.3) is 0 Å². The standard InChI is InChI=1S/C18H14BrCl2NO3/c19-13-6-4-11(5-7-13)10-25-18(24)12-8-16(23)22(9-12)15-3-1-2-14(20)17(15)21/h1-7,12H,8-10H2. The number of carbonyl (C=O) groups excluding carboxylic acids is 2. The monoisotopic (exact) mass is 441 g/mol. The van der Waals surface area contributed by atoms with E-state index >= 15 is 0 Å². The number of halogens is 3. The summed E-state index contributed by atoms with van der Waals surface area (Å²) in [7, 11) is 0. The zero-order valence-electron chi connectivity index (χ0n) is 13.0. The van der Waals surface area contributed by atoms with Crippen LogP contribution in [0.5, 0.6) is 0 Å².